The lowest BCUT2D eigenvalue weighted by Gasteiger charge is -2.32. The van der Waals surface area contributed by atoms with Crippen LogP contribution in [0.1, 0.15) is 37.9 Å². The molecule has 6 heteroatoms. The van der Waals surface area contributed by atoms with Crippen LogP contribution in [0.15, 0.2) is 18.2 Å². The van der Waals surface area contributed by atoms with Crippen LogP contribution in [0.3, 0.4) is 0 Å². The number of rotatable bonds is 6. The number of halogens is 4. The summed E-state index contributed by atoms with van der Waals surface area (Å²) >= 11 is 0. The number of nitrogens with zero attached hydrogens (tertiary/aromatic N) is 1. The Hall–Kier alpha value is -1.14. The van der Waals surface area contributed by atoms with Crippen molar-refractivity contribution in [1.29, 1.82) is 0 Å². The van der Waals surface area contributed by atoms with Gasteiger partial charge in [-0.15, -0.1) is 0 Å². The minimum Gasteiger partial charge on any atom is -0.329 e. The topological polar surface area (TPSA) is 29.3 Å². The highest BCUT2D eigenvalue weighted by molar-refractivity contribution is 5.29. The Balaban J connectivity index is 3.16. The van der Waals surface area contributed by atoms with Crippen molar-refractivity contribution >= 4 is 0 Å². The quantitative estimate of drug-likeness (QED) is 0.810. The van der Waals surface area contributed by atoms with Crippen LogP contribution in [0.25, 0.3) is 0 Å². The van der Waals surface area contributed by atoms with Crippen molar-refractivity contribution in [2.24, 2.45) is 11.7 Å². The third-order valence-electron chi connectivity index (χ3n) is 3.35. The van der Waals surface area contributed by atoms with E-state index in [1.807, 2.05) is 25.7 Å². The standard InChI is InChI=1S/C15H22F4N2/c1-4-21(9-10(2)3)14(8-20)11-5-6-13(16)12(7-11)15(17,18)19/h5-7,10,14H,4,8-9,20H2,1-3H3. The fourth-order valence-electron chi connectivity index (χ4n) is 2.41. The molecule has 1 aromatic rings. The van der Waals surface area contributed by atoms with Crippen LogP contribution in [-0.2, 0) is 6.18 Å². The summed E-state index contributed by atoms with van der Waals surface area (Å²) in [6.45, 7) is 7.56. The predicted octanol–water partition coefficient (Wildman–Crippen LogP) is 3.82. The molecule has 0 aliphatic heterocycles. The Bertz CT molecular complexity index is 457. The monoisotopic (exact) mass is 306 g/mol. The summed E-state index contributed by atoms with van der Waals surface area (Å²) in [5.74, 6) is -0.893. The Kier molecular flexibility index (Phi) is 6.16. The van der Waals surface area contributed by atoms with Crippen molar-refractivity contribution < 1.29 is 17.6 Å². The zero-order chi connectivity index (χ0) is 16.2. The first-order chi connectivity index (χ1) is 9.70. The maximum Gasteiger partial charge on any atom is 0.419 e. The van der Waals surface area contributed by atoms with E-state index in [0.717, 1.165) is 18.7 Å². The summed E-state index contributed by atoms with van der Waals surface area (Å²) in [5.41, 5.74) is 4.90. The maximum absolute atomic E-state index is 13.4. The second-order valence-electron chi connectivity index (χ2n) is 5.47. The van der Waals surface area contributed by atoms with Gasteiger partial charge in [0.15, 0.2) is 0 Å². The third-order valence-corrected chi connectivity index (χ3v) is 3.35. The first kappa shape index (κ1) is 17.9. The van der Waals surface area contributed by atoms with Gasteiger partial charge in [-0.2, -0.15) is 13.2 Å². The first-order valence-corrected chi connectivity index (χ1v) is 7.01. The van der Waals surface area contributed by atoms with E-state index in [4.69, 9.17) is 5.73 Å². The van der Waals surface area contributed by atoms with Gasteiger partial charge in [-0.05, 0) is 30.2 Å². The summed E-state index contributed by atoms with van der Waals surface area (Å²) in [7, 11) is 0. The molecule has 0 heterocycles. The van der Waals surface area contributed by atoms with Crippen LogP contribution in [0.4, 0.5) is 17.6 Å². The van der Waals surface area contributed by atoms with Crippen LogP contribution >= 0.6 is 0 Å². The molecule has 0 aliphatic rings. The Morgan fingerprint density at radius 1 is 1.24 bits per heavy atom. The zero-order valence-corrected chi connectivity index (χ0v) is 12.5. The van der Waals surface area contributed by atoms with Crippen molar-refractivity contribution in [2.75, 3.05) is 19.6 Å². The van der Waals surface area contributed by atoms with Crippen molar-refractivity contribution in [3.8, 4) is 0 Å². The normalized spacial score (nSPS) is 14.0. The van der Waals surface area contributed by atoms with E-state index in [-0.39, 0.29) is 12.6 Å². The van der Waals surface area contributed by atoms with Crippen molar-refractivity contribution in [2.45, 2.75) is 33.0 Å². The minimum atomic E-state index is -4.70. The SMILES string of the molecule is CCN(CC(C)C)C(CN)c1ccc(F)c(C(F)(F)F)c1. The second-order valence-corrected chi connectivity index (χ2v) is 5.47. The van der Waals surface area contributed by atoms with Crippen molar-refractivity contribution in [1.82, 2.24) is 4.90 Å². The molecule has 1 atom stereocenters. The summed E-state index contributed by atoms with van der Waals surface area (Å²) in [5, 5.41) is 0. The number of benzene rings is 1. The summed E-state index contributed by atoms with van der Waals surface area (Å²) in [4.78, 5) is 2.01. The summed E-state index contributed by atoms with van der Waals surface area (Å²) in [6.07, 6.45) is -4.70. The highest BCUT2D eigenvalue weighted by Gasteiger charge is 2.35. The van der Waals surface area contributed by atoms with E-state index in [2.05, 4.69) is 0 Å². The summed E-state index contributed by atoms with van der Waals surface area (Å²) < 4.78 is 51.8. The van der Waals surface area contributed by atoms with E-state index >= 15 is 0 Å². The number of alkyl halides is 3. The predicted molar refractivity (Wildman–Crippen MR) is 75.3 cm³/mol. The molecule has 2 N–H and O–H groups in total. The molecular formula is C15H22F4N2. The molecule has 21 heavy (non-hydrogen) atoms. The van der Waals surface area contributed by atoms with Gasteiger partial charge < -0.3 is 5.73 Å². The van der Waals surface area contributed by atoms with Gasteiger partial charge in [-0.3, -0.25) is 4.90 Å². The Morgan fingerprint density at radius 2 is 1.86 bits per heavy atom. The number of hydrogen-bond donors (Lipinski definition) is 1. The van der Waals surface area contributed by atoms with Crippen LogP contribution in [0.2, 0.25) is 0 Å². The molecule has 1 rings (SSSR count). The van der Waals surface area contributed by atoms with Gasteiger partial charge in [-0.1, -0.05) is 26.8 Å². The van der Waals surface area contributed by atoms with E-state index in [0.29, 0.717) is 18.0 Å². The van der Waals surface area contributed by atoms with Gasteiger partial charge in [-0.25, -0.2) is 4.39 Å². The van der Waals surface area contributed by atoms with E-state index in [1.165, 1.54) is 6.07 Å². The first-order valence-electron chi connectivity index (χ1n) is 7.01. The maximum atomic E-state index is 13.4. The average molecular weight is 306 g/mol. The molecule has 0 fully saturated rings. The number of hydrogen-bond acceptors (Lipinski definition) is 2. The van der Waals surface area contributed by atoms with E-state index < -0.39 is 17.6 Å². The van der Waals surface area contributed by atoms with Crippen LogP contribution < -0.4 is 5.73 Å². The van der Waals surface area contributed by atoms with E-state index in [9.17, 15) is 17.6 Å². The highest BCUT2D eigenvalue weighted by Crippen LogP contribution is 2.34. The van der Waals surface area contributed by atoms with Gasteiger partial charge in [0.2, 0.25) is 0 Å². The molecule has 1 unspecified atom stereocenters. The molecule has 0 bridgehead atoms. The second kappa shape index (κ2) is 7.22. The smallest absolute Gasteiger partial charge is 0.329 e. The largest absolute Gasteiger partial charge is 0.419 e. The van der Waals surface area contributed by atoms with Gasteiger partial charge in [0.05, 0.1) is 5.56 Å². The minimum absolute atomic E-state index is 0.184. The van der Waals surface area contributed by atoms with Gasteiger partial charge in [0.1, 0.15) is 5.82 Å². The highest BCUT2D eigenvalue weighted by atomic mass is 19.4. The number of likely N-dealkylation sites (N-methyl/N-ethyl adjacent to an activating group) is 1. The number of nitrogens with two attached hydrogens (primary N) is 1. The lowest BCUT2D eigenvalue weighted by Crippen LogP contribution is -2.36. The Morgan fingerprint density at radius 3 is 2.29 bits per heavy atom. The molecule has 0 spiro atoms. The third kappa shape index (κ3) is 4.68. The average Bonchev–Trinajstić information content (AvgIpc) is 2.38. The van der Waals surface area contributed by atoms with Crippen LogP contribution in [0.5, 0.6) is 0 Å². The lowest BCUT2D eigenvalue weighted by atomic mass is 10.0. The van der Waals surface area contributed by atoms with Gasteiger partial charge >= 0.3 is 6.18 Å². The molecule has 0 amide bonds. The molecule has 120 valence electrons. The molecular weight excluding hydrogens is 284 g/mol. The molecule has 2 nitrogen and oxygen atoms in total. The molecule has 0 aromatic heterocycles. The molecule has 0 radical (unpaired) electrons. The molecule has 1 aromatic carbocycles. The molecule has 0 saturated carbocycles. The van der Waals surface area contributed by atoms with Gasteiger partial charge in [0, 0.05) is 19.1 Å². The summed E-state index contributed by atoms with van der Waals surface area (Å²) in [6, 6.07) is 2.77. The molecule has 0 saturated heterocycles. The van der Waals surface area contributed by atoms with E-state index in [1.54, 1.807) is 0 Å². The fourth-order valence-corrected chi connectivity index (χ4v) is 2.41. The molecule has 0 aliphatic carbocycles. The Labute approximate surface area is 122 Å². The van der Waals surface area contributed by atoms with Crippen LogP contribution in [0, 0.1) is 11.7 Å². The van der Waals surface area contributed by atoms with Crippen LogP contribution in [-0.4, -0.2) is 24.5 Å². The lowest BCUT2D eigenvalue weighted by molar-refractivity contribution is -0.140. The fraction of sp³-hybridized carbons (Fsp3) is 0.600. The van der Waals surface area contributed by atoms with Crippen molar-refractivity contribution in [3.05, 3.63) is 35.1 Å². The zero-order valence-electron chi connectivity index (χ0n) is 12.5. The van der Waals surface area contributed by atoms with Gasteiger partial charge in [0.25, 0.3) is 0 Å². The van der Waals surface area contributed by atoms with Crippen molar-refractivity contribution in [3.63, 3.8) is 0 Å².